The quantitative estimate of drug-likeness (QED) is 0.824. The number of aromatic nitrogens is 2. The van der Waals surface area contributed by atoms with Crippen LogP contribution >= 0.6 is 0 Å². The molecule has 6 nitrogen and oxygen atoms in total. The molecule has 1 fully saturated rings. The number of carbonyl (C=O) groups excluding carboxylic acids is 1. The van der Waals surface area contributed by atoms with Crippen molar-refractivity contribution in [3.63, 3.8) is 0 Å². The number of ether oxygens (including phenoxy) is 1. The van der Waals surface area contributed by atoms with E-state index in [0.29, 0.717) is 13.1 Å². The van der Waals surface area contributed by atoms with Crippen molar-refractivity contribution < 1.29 is 9.53 Å². The van der Waals surface area contributed by atoms with Gasteiger partial charge in [-0.05, 0) is 24.1 Å². The van der Waals surface area contributed by atoms with Gasteiger partial charge in [0.2, 0.25) is 5.91 Å². The van der Waals surface area contributed by atoms with Crippen LogP contribution in [0.25, 0.3) is 0 Å². The highest BCUT2D eigenvalue weighted by atomic mass is 16.5. The van der Waals surface area contributed by atoms with Crippen LogP contribution in [0.4, 0.5) is 0 Å². The standard InChI is InChI=1S/C20H28N4O2/c1-16(14-24-8-7-17(2)22-24)20(25)21-13-18-5-3-4-6-19(18)15-23-9-11-26-12-10-23/h3-8,16H,9-15H2,1-2H3,(H,21,25). The number of nitrogens with zero attached hydrogens (tertiary/aromatic N) is 3. The maximum atomic E-state index is 12.4. The van der Waals surface area contributed by atoms with Gasteiger partial charge in [0.05, 0.1) is 31.4 Å². The molecule has 0 radical (unpaired) electrons. The van der Waals surface area contributed by atoms with Crippen molar-refractivity contribution in [2.45, 2.75) is 33.5 Å². The second-order valence-corrected chi connectivity index (χ2v) is 6.96. The van der Waals surface area contributed by atoms with Crippen LogP contribution in [-0.4, -0.2) is 46.9 Å². The van der Waals surface area contributed by atoms with E-state index in [-0.39, 0.29) is 11.8 Å². The minimum absolute atomic E-state index is 0.0549. The number of hydrogen-bond acceptors (Lipinski definition) is 4. The first-order chi connectivity index (χ1) is 12.6. The molecule has 26 heavy (non-hydrogen) atoms. The van der Waals surface area contributed by atoms with Crippen molar-refractivity contribution in [3.8, 4) is 0 Å². The van der Waals surface area contributed by atoms with Gasteiger partial charge in [0.25, 0.3) is 0 Å². The predicted molar refractivity (Wildman–Crippen MR) is 101 cm³/mol. The molecule has 3 rings (SSSR count). The summed E-state index contributed by atoms with van der Waals surface area (Å²) in [6.45, 7) is 9.45. The summed E-state index contributed by atoms with van der Waals surface area (Å²) in [5.41, 5.74) is 3.41. The Morgan fingerprint density at radius 2 is 1.96 bits per heavy atom. The van der Waals surface area contributed by atoms with Crippen LogP contribution < -0.4 is 5.32 Å². The molecule has 1 aliphatic rings. The average Bonchev–Trinajstić information content (AvgIpc) is 3.06. The molecular formula is C20H28N4O2. The molecule has 1 atom stereocenters. The Morgan fingerprint density at radius 1 is 1.23 bits per heavy atom. The third-order valence-electron chi connectivity index (χ3n) is 4.75. The zero-order valence-corrected chi connectivity index (χ0v) is 15.6. The first-order valence-electron chi connectivity index (χ1n) is 9.26. The van der Waals surface area contributed by atoms with Gasteiger partial charge in [-0.25, -0.2) is 0 Å². The van der Waals surface area contributed by atoms with Gasteiger partial charge in [-0.2, -0.15) is 5.10 Å². The van der Waals surface area contributed by atoms with Gasteiger partial charge in [-0.1, -0.05) is 31.2 Å². The monoisotopic (exact) mass is 356 g/mol. The Balaban J connectivity index is 1.54. The number of hydrogen-bond donors (Lipinski definition) is 1. The molecule has 1 N–H and O–H groups in total. The highest BCUT2D eigenvalue weighted by Crippen LogP contribution is 2.13. The Morgan fingerprint density at radius 3 is 2.65 bits per heavy atom. The van der Waals surface area contributed by atoms with E-state index in [0.717, 1.165) is 38.5 Å². The molecule has 1 amide bonds. The Bertz CT molecular complexity index is 722. The second kappa shape index (κ2) is 8.96. The SMILES string of the molecule is Cc1ccn(CC(C)C(=O)NCc2ccccc2CN2CCOCC2)n1. The van der Waals surface area contributed by atoms with E-state index in [9.17, 15) is 4.79 Å². The van der Waals surface area contributed by atoms with Crippen molar-refractivity contribution in [3.05, 3.63) is 53.3 Å². The topological polar surface area (TPSA) is 59.4 Å². The lowest BCUT2D eigenvalue weighted by atomic mass is 10.1. The van der Waals surface area contributed by atoms with Crippen LogP contribution in [0.2, 0.25) is 0 Å². The number of amides is 1. The van der Waals surface area contributed by atoms with Crippen molar-refractivity contribution in [1.82, 2.24) is 20.0 Å². The summed E-state index contributed by atoms with van der Waals surface area (Å²) in [6, 6.07) is 10.3. The molecule has 140 valence electrons. The zero-order valence-electron chi connectivity index (χ0n) is 15.6. The summed E-state index contributed by atoms with van der Waals surface area (Å²) in [7, 11) is 0. The molecule has 2 heterocycles. The van der Waals surface area contributed by atoms with Gasteiger partial charge >= 0.3 is 0 Å². The number of rotatable bonds is 7. The molecule has 1 aromatic heterocycles. The van der Waals surface area contributed by atoms with E-state index in [1.807, 2.05) is 36.9 Å². The van der Waals surface area contributed by atoms with Crippen LogP contribution in [0, 0.1) is 12.8 Å². The van der Waals surface area contributed by atoms with Crippen molar-refractivity contribution >= 4 is 5.91 Å². The molecule has 1 saturated heterocycles. The number of aryl methyl sites for hydroxylation is 1. The maximum Gasteiger partial charge on any atom is 0.224 e. The number of benzene rings is 1. The van der Waals surface area contributed by atoms with E-state index in [2.05, 4.69) is 33.5 Å². The molecule has 0 aliphatic carbocycles. The van der Waals surface area contributed by atoms with Crippen LogP contribution in [0.15, 0.2) is 36.5 Å². The molecule has 0 saturated carbocycles. The smallest absolute Gasteiger partial charge is 0.224 e. The molecule has 6 heteroatoms. The number of morpholine rings is 1. The third kappa shape index (κ3) is 5.16. The molecule has 0 bridgehead atoms. The van der Waals surface area contributed by atoms with Crippen molar-refractivity contribution in [2.24, 2.45) is 5.92 Å². The van der Waals surface area contributed by atoms with Crippen LogP contribution in [-0.2, 0) is 29.2 Å². The molecular weight excluding hydrogens is 328 g/mol. The first-order valence-corrected chi connectivity index (χ1v) is 9.26. The highest BCUT2D eigenvalue weighted by molar-refractivity contribution is 5.78. The minimum atomic E-state index is -0.124. The Hall–Kier alpha value is -2.18. The fourth-order valence-corrected chi connectivity index (χ4v) is 3.17. The average molecular weight is 356 g/mol. The van der Waals surface area contributed by atoms with Gasteiger partial charge in [0.1, 0.15) is 0 Å². The lowest BCUT2D eigenvalue weighted by molar-refractivity contribution is -0.125. The Labute approximate surface area is 155 Å². The first kappa shape index (κ1) is 18.6. The van der Waals surface area contributed by atoms with Gasteiger partial charge in [0, 0.05) is 32.4 Å². The normalized spacial score (nSPS) is 16.4. The molecule has 1 aliphatic heterocycles. The predicted octanol–water partition coefficient (Wildman–Crippen LogP) is 1.98. The van der Waals surface area contributed by atoms with E-state index in [1.165, 1.54) is 11.1 Å². The number of nitrogens with one attached hydrogen (secondary N) is 1. The van der Waals surface area contributed by atoms with Crippen LogP contribution in [0.3, 0.4) is 0 Å². The lowest BCUT2D eigenvalue weighted by Gasteiger charge is -2.27. The molecule has 2 aromatic rings. The van der Waals surface area contributed by atoms with E-state index in [1.54, 1.807) is 0 Å². The summed E-state index contributed by atoms with van der Waals surface area (Å²) in [6.07, 6.45) is 1.91. The van der Waals surface area contributed by atoms with Crippen molar-refractivity contribution in [2.75, 3.05) is 26.3 Å². The van der Waals surface area contributed by atoms with Gasteiger partial charge < -0.3 is 10.1 Å². The van der Waals surface area contributed by atoms with Crippen LogP contribution in [0.1, 0.15) is 23.7 Å². The molecule has 1 unspecified atom stereocenters. The summed E-state index contributed by atoms with van der Waals surface area (Å²) in [4.78, 5) is 14.8. The van der Waals surface area contributed by atoms with E-state index in [4.69, 9.17) is 4.74 Å². The summed E-state index contributed by atoms with van der Waals surface area (Å²) < 4.78 is 7.24. The molecule has 0 spiro atoms. The summed E-state index contributed by atoms with van der Waals surface area (Å²) in [5.74, 6) is -0.0694. The van der Waals surface area contributed by atoms with Crippen LogP contribution in [0.5, 0.6) is 0 Å². The lowest BCUT2D eigenvalue weighted by Crippen LogP contribution is -2.36. The third-order valence-corrected chi connectivity index (χ3v) is 4.75. The van der Waals surface area contributed by atoms with Gasteiger partial charge in [-0.15, -0.1) is 0 Å². The number of carbonyl (C=O) groups is 1. The van der Waals surface area contributed by atoms with Crippen molar-refractivity contribution in [1.29, 1.82) is 0 Å². The highest BCUT2D eigenvalue weighted by Gasteiger charge is 2.16. The summed E-state index contributed by atoms with van der Waals surface area (Å²) in [5, 5.41) is 7.43. The van der Waals surface area contributed by atoms with Gasteiger partial charge in [0.15, 0.2) is 0 Å². The van der Waals surface area contributed by atoms with E-state index >= 15 is 0 Å². The molecule has 1 aromatic carbocycles. The van der Waals surface area contributed by atoms with E-state index < -0.39 is 0 Å². The Kier molecular flexibility index (Phi) is 6.41. The second-order valence-electron chi connectivity index (χ2n) is 6.96. The van der Waals surface area contributed by atoms with Gasteiger partial charge in [-0.3, -0.25) is 14.4 Å². The largest absolute Gasteiger partial charge is 0.379 e. The fourth-order valence-electron chi connectivity index (χ4n) is 3.17. The minimum Gasteiger partial charge on any atom is -0.379 e. The maximum absolute atomic E-state index is 12.4. The zero-order chi connectivity index (χ0) is 18.4. The summed E-state index contributed by atoms with van der Waals surface area (Å²) >= 11 is 0. The fraction of sp³-hybridized carbons (Fsp3) is 0.500.